The minimum Gasteiger partial charge on any atom is -0.352 e. The third-order valence-corrected chi connectivity index (χ3v) is 10.1. The van der Waals surface area contributed by atoms with Crippen LogP contribution in [0.2, 0.25) is 15.1 Å². The first-order chi connectivity index (χ1) is 20.0. The van der Waals surface area contributed by atoms with E-state index < -0.39 is 28.5 Å². The lowest BCUT2D eigenvalue weighted by Crippen LogP contribution is -2.53. The minimum absolute atomic E-state index is 0.0209. The minimum atomic E-state index is -4.17. The second kappa shape index (κ2) is 14.1. The monoisotopic (exact) mass is 649 g/mol. The normalized spacial score (nSPS) is 14.7. The van der Waals surface area contributed by atoms with Gasteiger partial charge in [-0.15, -0.1) is 0 Å². The molecule has 11 heteroatoms. The van der Waals surface area contributed by atoms with Crippen molar-refractivity contribution in [3.63, 3.8) is 0 Å². The van der Waals surface area contributed by atoms with Gasteiger partial charge in [0.05, 0.1) is 10.6 Å². The summed E-state index contributed by atoms with van der Waals surface area (Å²) in [6.45, 7) is 2.80. The highest BCUT2D eigenvalue weighted by Crippen LogP contribution is 2.30. The van der Waals surface area contributed by atoms with Gasteiger partial charge in [0.2, 0.25) is 11.8 Å². The number of nitrogens with zero attached hydrogens (tertiary/aromatic N) is 2. The van der Waals surface area contributed by atoms with Gasteiger partial charge in [0.25, 0.3) is 10.0 Å². The van der Waals surface area contributed by atoms with Crippen LogP contribution in [0.15, 0.2) is 71.6 Å². The van der Waals surface area contributed by atoms with Crippen molar-refractivity contribution in [2.75, 3.05) is 10.8 Å². The molecule has 0 aliphatic heterocycles. The van der Waals surface area contributed by atoms with Crippen molar-refractivity contribution >= 4 is 62.3 Å². The molecule has 0 spiro atoms. The molecule has 0 heterocycles. The zero-order valence-electron chi connectivity index (χ0n) is 23.5. The first-order valence-electron chi connectivity index (χ1n) is 13.8. The van der Waals surface area contributed by atoms with Crippen molar-refractivity contribution in [3.05, 3.63) is 92.9 Å². The summed E-state index contributed by atoms with van der Waals surface area (Å²) in [5.74, 6) is -0.873. The van der Waals surface area contributed by atoms with Gasteiger partial charge in [-0.05, 0) is 80.3 Å². The average molecular weight is 651 g/mol. The molecule has 0 unspecified atom stereocenters. The predicted molar refractivity (Wildman–Crippen MR) is 169 cm³/mol. The summed E-state index contributed by atoms with van der Waals surface area (Å²) in [7, 11) is -4.17. The fourth-order valence-electron chi connectivity index (χ4n) is 5.12. The lowest BCUT2D eigenvalue weighted by molar-refractivity contribution is -0.139. The van der Waals surface area contributed by atoms with Gasteiger partial charge in [0, 0.05) is 27.7 Å². The van der Waals surface area contributed by atoms with E-state index in [1.807, 2.05) is 0 Å². The number of hydrogen-bond donors (Lipinski definition) is 1. The van der Waals surface area contributed by atoms with Gasteiger partial charge >= 0.3 is 0 Å². The molecule has 1 aliphatic rings. The number of aryl methyl sites for hydroxylation is 1. The predicted octanol–water partition coefficient (Wildman–Crippen LogP) is 7.02. The summed E-state index contributed by atoms with van der Waals surface area (Å²) < 4.78 is 29.0. The number of rotatable bonds is 10. The van der Waals surface area contributed by atoms with Crippen LogP contribution in [0.4, 0.5) is 5.69 Å². The highest BCUT2D eigenvalue weighted by Gasteiger charge is 2.34. The van der Waals surface area contributed by atoms with Crippen LogP contribution in [-0.4, -0.2) is 43.8 Å². The van der Waals surface area contributed by atoms with Gasteiger partial charge in [-0.25, -0.2) is 8.42 Å². The number of carbonyl (C=O) groups excluding carboxylic acids is 2. The van der Waals surface area contributed by atoms with E-state index in [4.69, 9.17) is 34.8 Å². The van der Waals surface area contributed by atoms with Crippen LogP contribution in [-0.2, 0) is 26.2 Å². The molecule has 1 saturated carbocycles. The van der Waals surface area contributed by atoms with E-state index in [1.165, 1.54) is 17.0 Å². The van der Waals surface area contributed by atoms with E-state index in [0.717, 1.165) is 36.4 Å². The summed E-state index contributed by atoms with van der Waals surface area (Å²) in [6.07, 6.45) is 4.98. The SMILES string of the molecule is Cc1cc(Cl)ccc1N(CC(=O)N(Cc1ccc(Cl)cc1Cl)[C@H](C)C(=O)NC1CCCCC1)S(=O)(=O)c1ccccc1. The van der Waals surface area contributed by atoms with Gasteiger partial charge in [0.1, 0.15) is 12.6 Å². The molecule has 0 bridgehead atoms. The van der Waals surface area contributed by atoms with Gasteiger partial charge < -0.3 is 10.2 Å². The quantitative estimate of drug-likeness (QED) is 0.256. The van der Waals surface area contributed by atoms with Gasteiger partial charge in [-0.3, -0.25) is 13.9 Å². The standard InChI is InChI=1S/C31H34Cl3N3O4S/c1-21-17-24(32)15-16-29(21)37(42(40,41)27-11-7-4-8-12-27)20-30(38)36(19-23-13-14-25(33)18-28(23)34)22(2)31(39)35-26-9-5-3-6-10-26/h4,7-8,11-18,22,26H,3,5-6,9-10,19-20H2,1-2H3,(H,35,39)/t22-/m1/s1. The number of nitrogens with one attached hydrogen (secondary N) is 1. The second-order valence-corrected chi connectivity index (χ2v) is 13.7. The summed E-state index contributed by atoms with van der Waals surface area (Å²) >= 11 is 18.7. The highest BCUT2D eigenvalue weighted by molar-refractivity contribution is 7.92. The molecule has 0 radical (unpaired) electrons. The maximum Gasteiger partial charge on any atom is 0.264 e. The Morgan fingerprint density at radius 1 is 0.929 bits per heavy atom. The first-order valence-corrected chi connectivity index (χ1v) is 16.4. The van der Waals surface area contributed by atoms with E-state index in [2.05, 4.69) is 5.32 Å². The molecular formula is C31H34Cl3N3O4S. The summed E-state index contributed by atoms with van der Waals surface area (Å²) in [6, 6.07) is 16.7. The molecule has 1 atom stereocenters. The van der Waals surface area contributed by atoms with Crippen LogP contribution in [0.5, 0.6) is 0 Å². The van der Waals surface area contributed by atoms with Gasteiger partial charge in [-0.1, -0.05) is 78.3 Å². The molecule has 3 aromatic carbocycles. The van der Waals surface area contributed by atoms with Crippen molar-refractivity contribution in [1.29, 1.82) is 0 Å². The van der Waals surface area contributed by atoms with Crippen molar-refractivity contribution in [1.82, 2.24) is 10.2 Å². The third kappa shape index (κ3) is 7.78. The van der Waals surface area contributed by atoms with Crippen LogP contribution < -0.4 is 9.62 Å². The second-order valence-electron chi connectivity index (χ2n) is 10.5. The molecule has 4 rings (SSSR count). The molecule has 1 N–H and O–H groups in total. The summed E-state index contributed by atoms with van der Waals surface area (Å²) in [5.41, 5.74) is 1.46. The number of anilines is 1. The summed E-state index contributed by atoms with van der Waals surface area (Å²) in [4.78, 5) is 29.0. The van der Waals surface area contributed by atoms with Crippen LogP contribution in [0.3, 0.4) is 0 Å². The topological polar surface area (TPSA) is 86.8 Å². The number of carbonyl (C=O) groups is 2. The van der Waals surface area contributed by atoms with Crippen LogP contribution in [0, 0.1) is 6.92 Å². The maximum absolute atomic E-state index is 14.1. The molecule has 2 amide bonds. The van der Waals surface area contributed by atoms with Crippen molar-refractivity contribution in [3.8, 4) is 0 Å². The molecule has 0 saturated heterocycles. The van der Waals surface area contributed by atoms with Crippen molar-refractivity contribution < 1.29 is 18.0 Å². The van der Waals surface area contributed by atoms with Crippen LogP contribution in [0.1, 0.15) is 50.2 Å². The Morgan fingerprint density at radius 3 is 2.21 bits per heavy atom. The molecule has 42 heavy (non-hydrogen) atoms. The van der Waals surface area contributed by atoms with Crippen molar-refractivity contribution in [2.24, 2.45) is 0 Å². The molecule has 0 aromatic heterocycles. The largest absolute Gasteiger partial charge is 0.352 e. The lowest BCUT2D eigenvalue weighted by Gasteiger charge is -2.33. The van der Waals surface area contributed by atoms with Crippen molar-refractivity contribution in [2.45, 2.75) is 69.5 Å². The molecule has 7 nitrogen and oxygen atoms in total. The maximum atomic E-state index is 14.1. The zero-order valence-corrected chi connectivity index (χ0v) is 26.6. The Kier molecular flexibility index (Phi) is 10.8. The van der Waals surface area contributed by atoms with Gasteiger partial charge in [-0.2, -0.15) is 0 Å². The first kappa shape index (κ1) is 32.1. The smallest absolute Gasteiger partial charge is 0.264 e. The molecule has 3 aromatic rings. The van der Waals surface area contributed by atoms with Crippen LogP contribution in [0.25, 0.3) is 0 Å². The number of sulfonamides is 1. The molecular weight excluding hydrogens is 617 g/mol. The number of hydrogen-bond acceptors (Lipinski definition) is 4. The van der Waals surface area contributed by atoms with E-state index in [1.54, 1.807) is 68.4 Å². The summed E-state index contributed by atoms with van der Waals surface area (Å²) in [5, 5.41) is 4.29. The van der Waals surface area contributed by atoms with E-state index in [9.17, 15) is 18.0 Å². The Morgan fingerprint density at radius 2 is 1.57 bits per heavy atom. The Bertz CT molecular complexity index is 1530. The number of halogens is 3. The third-order valence-electron chi connectivity index (χ3n) is 7.51. The van der Waals surface area contributed by atoms with E-state index in [0.29, 0.717) is 31.9 Å². The lowest BCUT2D eigenvalue weighted by atomic mass is 9.95. The molecule has 1 fully saturated rings. The fourth-order valence-corrected chi connectivity index (χ4v) is 7.31. The molecule has 224 valence electrons. The average Bonchev–Trinajstić information content (AvgIpc) is 2.96. The van der Waals surface area contributed by atoms with Crippen LogP contribution >= 0.6 is 34.8 Å². The van der Waals surface area contributed by atoms with E-state index >= 15 is 0 Å². The Balaban J connectivity index is 1.71. The Hall–Kier alpha value is -2.78. The Labute approximate surface area is 262 Å². The highest BCUT2D eigenvalue weighted by atomic mass is 35.5. The van der Waals surface area contributed by atoms with Gasteiger partial charge in [0.15, 0.2) is 0 Å². The number of benzene rings is 3. The molecule has 1 aliphatic carbocycles. The number of amides is 2. The van der Waals surface area contributed by atoms with E-state index in [-0.39, 0.29) is 23.4 Å². The zero-order chi connectivity index (χ0) is 30.4. The fraction of sp³-hybridized carbons (Fsp3) is 0.355.